The number of hydrogen-bond acceptors (Lipinski definition) is 5. The van der Waals surface area contributed by atoms with Crippen LogP contribution < -0.4 is 10.2 Å². The molecule has 4 aromatic rings. The van der Waals surface area contributed by atoms with Crippen molar-refractivity contribution in [3.63, 3.8) is 0 Å². The number of aliphatic hydroxyl groups is 1. The average molecular weight is 509 g/mol. The van der Waals surface area contributed by atoms with Crippen LogP contribution in [0.4, 0.5) is 14.5 Å². The molecule has 0 aliphatic carbocycles. The van der Waals surface area contributed by atoms with Crippen LogP contribution in [0.2, 0.25) is 0 Å². The van der Waals surface area contributed by atoms with E-state index in [1.54, 1.807) is 38.1 Å². The number of fused-ring (bicyclic) bond motifs is 2. The van der Waals surface area contributed by atoms with E-state index >= 15 is 0 Å². The topological polar surface area (TPSA) is 101 Å². The Hall–Kier alpha value is -4.05. The number of aliphatic hydroxyl groups excluding tert-OH is 1. The Labute approximate surface area is 211 Å². The molecule has 8 nitrogen and oxygen atoms in total. The highest BCUT2D eigenvalue weighted by Crippen LogP contribution is 2.43. The third-order valence-corrected chi connectivity index (χ3v) is 6.73. The minimum atomic E-state index is -0.874. The minimum absolute atomic E-state index is 0.0885. The molecule has 2 aromatic carbocycles. The van der Waals surface area contributed by atoms with E-state index in [0.717, 1.165) is 5.56 Å². The first-order valence-electron chi connectivity index (χ1n) is 11.9. The molecule has 0 bridgehead atoms. The normalized spacial score (nSPS) is 14.4. The van der Waals surface area contributed by atoms with Crippen molar-refractivity contribution in [1.82, 2.24) is 15.1 Å². The number of carbonyl (C=O) groups excluding carboxylic acids is 2. The van der Waals surface area contributed by atoms with E-state index in [9.17, 15) is 23.5 Å². The highest BCUT2D eigenvalue weighted by Gasteiger charge is 2.44. The van der Waals surface area contributed by atoms with Crippen LogP contribution in [0.25, 0.3) is 11.0 Å². The van der Waals surface area contributed by atoms with Crippen LogP contribution in [0.3, 0.4) is 0 Å². The van der Waals surface area contributed by atoms with Crippen molar-refractivity contribution in [1.29, 1.82) is 0 Å². The lowest BCUT2D eigenvalue weighted by Crippen LogP contribution is -2.36. The van der Waals surface area contributed by atoms with Crippen molar-refractivity contribution >= 4 is 28.5 Å². The van der Waals surface area contributed by atoms with Crippen LogP contribution in [0.1, 0.15) is 46.9 Å². The maximum Gasteiger partial charge on any atom is 0.251 e. The monoisotopic (exact) mass is 508 g/mol. The van der Waals surface area contributed by atoms with E-state index in [-0.39, 0.29) is 55.3 Å². The zero-order valence-electron chi connectivity index (χ0n) is 20.6. The summed E-state index contributed by atoms with van der Waals surface area (Å²) >= 11 is 0. The fourth-order valence-electron chi connectivity index (χ4n) is 4.76. The molecule has 37 heavy (non-hydrogen) atoms. The second-order valence-corrected chi connectivity index (χ2v) is 9.62. The van der Waals surface area contributed by atoms with Gasteiger partial charge in [0.25, 0.3) is 5.91 Å². The summed E-state index contributed by atoms with van der Waals surface area (Å²) in [6.07, 6.45) is 0. The Morgan fingerprint density at radius 3 is 2.70 bits per heavy atom. The Bertz CT molecular complexity index is 1540. The van der Waals surface area contributed by atoms with Crippen molar-refractivity contribution < 1.29 is 27.9 Å². The number of nitrogens with one attached hydrogen (secondary N) is 1. The molecule has 0 spiro atoms. The van der Waals surface area contributed by atoms with Gasteiger partial charge >= 0.3 is 0 Å². The predicted octanol–water partition coefficient (Wildman–Crippen LogP) is 3.96. The van der Waals surface area contributed by atoms with E-state index in [0.29, 0.717) is 28.0 Å². The van der Waals surface area contributed by atoms with Gasteiger partial charge in [-0.2, -0.15) is 5.10 Å². The molecule has 0 atom stereocenters. The Morgan fingerprint density at radius 2 is 1.95 bits per heavy atom. The standard InChI is InChI=1S/C27H26F2N4O4/c1-15-24(29)22(33(31-15)8-9-34)14-32-21-12-16(4-6-20(21)27(2,3)26(32)36)25(35)30-13-19-11-17-10-18(28)5-7-23(17)37-19/h4-7,10-12,34H,8-9,13-14H2,1-3H3,(H,30,35). The van der Waals surface area contributed by atoms with Crippen LogP contribution >= 0.6 is 0 Å². The van der Waals surface area contributed by atoms with Gasteiger partial charge in [-0.05, 0) is 62.7 Å². The van der Waals surface area contributed by atoms with Gasteiger partial charge in [-0.1, -0.05) is 6.07 Å². The van der Waals surface area contributed by atoms with Crippen molar-refractivity contribution in [2.75, 3.05) is 11.5 Å². The second kappa shape index (κ2) is 9.11. The summed E-state index contributed by atoms with van der Waals surface area (Å²) < 4.78 is 35.3. The summed E-state index contributed by atoms with van der Waals surface area (Å²) in [7, 11) is 0. The molecule has 10 heteroatoms. The highest BCUT2D eigenvalue weighted by atomic mass is 19.1. The molecule has 5 rings (SSSR count). The first-order chi connectivity index (χ1) is 17.6. The number of furan rings is 1. The summed E-state index contributed by atoms with van der Waals surface area (Å²) in [6, 6.07) is 10.8. The van der Waals surface area contributed by atoms with E-state index in [1.165, 1.54) is 34.7 Å². The number of benzene rings is 2. The van der Waals surface area contributed by atoms with Gasteiger partial charge in [0.05, 0.1) is 43.0 Å². The molecular weight excluding hydrogens is 482 g/mol. The molecule has 0 unspecified atom stereocenters. The maximum absolute atomic E-state index is 14.9. The van der Waals surface area contributed by atoms with Crippen molar-refractivity contribution in [3.05, 3.63) is 82.4 Å². The lowest BCUT2D eigenvalue weighted by molar-refractivity contribution is -0.122. The number of carbonyl (C=O) groups is 2. The number of amides is 2. The number of anilines is 1. The van der Waals surface area contributed by atoms with Gasteiger partial charge in [0.2, 0.25) is 5.91 Å². The Morgan fingerprint density at radius 1 is 1.16 bits per heavy atom. The number of nitrogens with zero attached hydrogens (tertiary/aromatic N) is 3. The lowest BCUT2D eigenvalue weighted by Gasteiger charge is -2.21. The summed E-state index contributed by atoms with van der Waals surface area (Å²) in [5.74, 6) is -1.07. The first-order valence-corrected chi connectivity index (χ1v) is 11.9. The lowest BCUT2D eigenvalue weighted by atomic mass is 9.86. The molecule has 2 aromatic heterocycles. The number of aromatic nitrogens is 2. The van der Waals surface area contributed by atoms with Crippen LogP contribution in [0, 0.1) is 18.6 Å². The predicted molar refractivity (Wildman–Crippen MR) is 132 cm³/mol. The number of aryl methyl sites for hydroxylation is 1. The summed E-state index contributed by atoms with van der Waals surface area (Å²) in [5.41, 5.74) is 1.55. The zero-order valence-corrected chi connectivity index (χ0v) is 20.6. The molecule has 2 N–H and O–H groups in total. The maximum atomic E-state index is 14.9. The van der Waals surface area contributed by atoms with E-state index in [2.05, 4.69) is 10.4 Å². The molecule has 3 heterocycles. The van der Waals surface area contributed by atoms with Gasteiger partial charge < -0.3 is 19.7 Å². The van der Waals surface area contributed by atoms with E-state index in [4.69, 9.17) is 4.42 Å². The van der Waals surface area contributed by atoms with Gasteiger partial charge in [0.15, 0.2) is 5.82 Å². The SMILES string of the molecule is Cc1nn(CCO)c(CN2C(=O)C(C)(C)c3ccc(C(=O)NCc4cc5cc(F)ccc5o4)cc32)c1F. The third kappa shape index (κ3) is 4.27. The molecule has 1 aliphatic heterocycles. The molecule has 0 radical (unpaired) electrons. The van der Waals surface area contributed by atoms with Gasteiger partial charge in [-0.25, -0.2) is 8.78 Å². The third-order valence-electron chi connectivity index (χ3n) is 6.73. The van der Waals surface area contributed by atoms with Crippen LogP contribution in [-0.2, 0) is 29.8 Å². The van der Waals surface area contributed by atoms with Crippen LogP contribution in [-0.4, -0.2) is 33.3 Å². The van der Waals surface area contributed by atoms with Gasteiger partial charge in [0.1, 0.15) is 17.2 Å². The summed E-state index contributed by atoms with van der Waals surface area (Å²) in [6.45, 7) is 4.95. The molecule has 1 aliphatic rings. The van der Waals surface area contributed by atoms with E-state index in [1.807, 2.05) is 0 Å². The van der Waals surface area contributed by atoms with Crippen molar-refractivity contribution in [3.8, 4) is 0 Å². The first kappa shape index (κ1) is 24.6. The molecule has 2 amide bonds. The second-order valence-electron chi connectivity index (χ2n) is 9.62. The minimum Gasteiger partial charge on any atom is -0.459 e. The number of rotatable bonds is 7. The fraction of sp³-hybridized carbons (Fsp3) is 0.296. The molecule has 192 valence electrons. The number of hydrogen-bond donors (Lipinski definition) is 2. The molecular formula is C27H26F2N4O4. The smallest absolute Gasteiger partial charge is 0.251 e. The number of halogens is 2. The highest BCUT2D eigenvalue weighted by molar-refractivity contribution is 6.08. The van der Waals surface area contributed by atoms with Gasteiger partial charge in [-0.15, -0.1) is 0 Å². The Balaban J connectivity index is 1.41. The van der Waals surface area contributed by atoms with Crippen LogP contribution in [0.15, 0.2) is 46.9 Å². The van der Waals surface area contributed by atoms with E-state index < -0.39 is 11.2 Å². The zero-order chi connectivity index (χ0) is 26.5. The molecule has 0 fully saturated rings. The average Bonchev–Trinajstić information content (AvgIpc) is 3.45. The fourth-order valence-corrected chi connectivity index (χ4v) is 4.76. The largest absolute Gasteiger partial charge is 0.459 e. The quantitative estimate of drug-likeness (QED) is 0.394. The molecule has 0 saturated heterocycles. The Kier molecular flexibility index (Phi) is 6.07. The van der Waals surface area contributed by atoms with Crippen LogP contribution in [0.5, 0.6) is 0 Å². The van der Waals surface area contributed by atoms with Gasteiger partial charge in [-0.3, -0.25) is 14.3 Å². The summed E-state index contributed by atoms with van der Waals surface area (Å²) in [5, 5.41) is 16.9. The van der Waals surface area contributed by atoms with Gasteiger partial charge in [0, 0.05) is 16.6 Å². The van der Waals surface area contributed by atoms with Crippen molar-refractivity contribution in [2.45, 2.75) is 45.8 Å². The van der Waals surface area contributed by atoms with Crippen molar-refractivity contribution in [2.24, 2.45) is 0 Å². The molecule has 0 saturated carbocycles. The summed E-state index contributed by atoms with van der Waals surface area (Å²) in [4.78, 5) is 27.8.